The first kappa shape index (κ1) is 21.2. The molecule has 0 amide bonds. The number of methoxy groups -OCH3 is 1. The molecule has 1 unspecified atom stereocenters. The first-order chi connectivity index (χ1) is 16.0. The maximum atomic E-state index is 13.5. The molecule has 170 valence electrons. The maximum absolute atomic E-state index is 13.5. The Kier molecular flexibility index (Phi) is 5.40. The summed E-state index contributed by atoms with van der Waals surface area (Å²) in [5, 5.41) is 4.38. The molecule has 0 radical (unpaired) electrons. The quantitative estimate of drug-likeness (QED) is 0.562. The Bertz CT molecular complexity index is 1230. The van der Waals surface area contributed by atoms with Gasteiger partial charge in [0.05, 0.1) is 24.8 Å². The summed E-state index contributed by atoms with van der Waals surface area (Å²) < 4.78 is 21.2. The van der Waals surface area contributed by atoms with Crippen molar-refractivity contribution in [3.8, 4) is 11.4 Å². The highest BCUT2D eigenvalue weighted by Crippen LogP contribution is 2.37. The summed E-state index contributed by atoms with van der Waals surface area (Å²) in [4.78, 5) is 12.3. The Balaban J connectivity index is 1.49. The molecule has 0 spiro atoms. The van der Waals surface area contributed by atoms with Crippen molar-refractivity contribution in [1.29, 1.82) is 0 Å². The molecule has 1 atom stereocenters. The Morgan fingerprint density at radius 2 is 1.97 bits per heavy atom. The maximum Gasteiger partial charge on any atom is 0.169 e. The summed E-state index contributed by atoms with van der Waals surface area (Å²) in [6, 6.07) is 12.9. The van der Waals surface area contributed by atoms with Crippen molar-refractivity contribution in [3.63, 3.8) is 0 Å². The van der Waals surface area contributed by atoms with Gasteiger partial charge in [0.2, 0.25) is 0 Å². The van der Waals surface area contributed by atoms with Crippen LogP contribution in [0.4, 0.5) is 4.39 Å². The fourth-order valence-electron chi connectivity index (χ4n) is 4.64. The van der Waals surface area contributed by atoms with Crippen LogP contribution in [0.5, 0.6) is 5.75 Å². The van der Waals surface area contributed by atoms with Crippen molar-refractivity contribution >= 4 is 11.4 Å². The number of halogens is 1. The molecule has 0 saturated heterocycles. The molecular formula is C26H27FN4O2. The van der Waals surface area contributed by atoms with Crippen molar-refractivity contribution in [2.24, 2.45) is 5.16 Å². The first-order valence-corrected chi connectivity index (χ1v) is 11.1. The summed E-state index contributed by atoms with van der Waals surface area (Å²) in [6.45, 7) is 5.34. The Labute approximate surface area is 192 Å². The molecule has 3 heterocycles. The molecule has 0 N–H and O–H groups in total. The van der Waals surface area contributed by atoms with E-state index >= 15 is 0 Å². The van der Waals surface area contributed by atoms with Crippen molar-refractivity contribution < 1.29 is 14.0 Å². The van der Waals surface area contributed by atoms with Crippen LogP contribution >= 0.6 is 0 Å². The number of hydrogen-bond acceptors (Lipinski definition) is 5. The van der Waals surface area contributed by atoms with E-state index in [1.807, 2.05) is 29.8 Å². The predicted octanol–water partition coefficient (Wildman–Crippen LogP) is 5.07. The van der Waals surface area contributed by atoms with Crippen LogP contribution in [0.25, 0.3) is 11.3 Å². The highest BCUT2D eigenvalue weighted by Gasteiger charge is 2.40. The summed E-state index contributed by atoms with van der Waals surface area (Å²) in [6.07, 6.45) is 7.74. The average molecular weight is 447 g/mol. The zero-order valence-corrected chi connectivity index (χ0v) is 19.1. The van der Waals surface area contributed by atoms with E-state index in [1.165, 1.54) is 17.7 Å². The smallest absolute Gasteiger partial charge is 0.169 e. The molecule has 3 aromatic rings. The molecule has 2 aromatic carbocycles. The van der Waals surface area contributed by atoms with E-state index in [0.717, 1.165) is 53.5 Å². The van der Waals surface area contributed by atoms with Gasteiger partial charge in [0.15, 0.2) is 5.84 Å². The van der Waals surface area contributed by atoms with E-state index in [1.54, 1.807) is 13.4 Å². The van der Waals surface area contributed by atoms with Gasteiger partial charge in [-0.1, -0.05) is 23.4 Å². The van der Waals surface area contributed by atoms with Gasteiger partial charge in [-0.3, -0.25) is 0 Å². The van der Waals surface area contributed by atoms with Crippen LogP contribution in [0.1, 0.15) is 36.6 Å². The Morgan fingerprint density at radius 1 is 1.15 bits per heavy atom. The van der Waals surface area contributed by atoms with E-state index < -0.39 is 5.54 Å². The lowest BCUT2D eigenvalue weighted by Crippen LogP contribution is -2.52. The third kappa shape index (κ3) is 3.88. The highest BCUT2D eigenvalue weighted by atomic mass is 19.1. The lowest BCUT2D eigenvalue weighted by molar-refractivity contribution is 0.00650. The topological polar surface area (TPSA) is 51.9 Å². The van der Waals surface area contributed by atoms with Gasteiger partial charge >= 0.3 is 0 Å². The fraction of sp³-hybridized carbons (Fsp3) is 0.308. The van der Waals surface area contributed by atoms with Crippen LogP contribution < -0.4 is 4.74 Å². The SMILES string of the molecule is COc1cc(C2=CC3=NOCC(C)(c4ccc(F)cc4)N3CCC2)ccc1-n1cnc(C)c1. The van der Waals surface area contributed by atoms with Crippen LogP contribution in [0, 0.1) is 12.7 Å². The van der Waals surface area contributed by atoms with Crippen LogP contribution in [-0.2, 0) is 10.4 Å². The van der Waals surface area contributed by atoms with Gasteiger partial charge in [0, 0.05) is 12.7 Å². The van der Waals surface area contributed by atoms with Crippen molar-refractivity contribution in [3.05, 3.63) is 83.7 Å². The van der Waals surface area contributed by atoms with Gasteiger partial charge < -0.3 is 19.0 Å². The van der Waals surface area contributed by atoms with Crippen LogP contribution in [0.15, 0.2) is 66.2 Å². The lowest BCUT2D eigenvalue weighted by atomic mass is 9.90. The number of amidine groups is 1. The molecular weight excluding hydrogens is 419 g/mol. The minimum absolute atomic E-state index is 0.241. The Hall–Kier alpha value is -3.61. The number of allylic oxidation sites excluding steroid dienone is 1. The van der Waals surface area contributed by atoms with Gasteiger partial charge in [-0.2, -0.15) is 0 Å². The second-order valence-electron chi connectivity index (χ2n) is 8.74. The van der Waals surface area contributed by atoms with E-state index in [0.29, 0.717) is 6.61 Å². The second kappa shape index (κ2) is 8.39. The summed E-state index contributed by atoms with van der Waals surface area (Å²) in [7, 11) is 1.68. The lowest BCUT2D eigenvalue weighted by Gasteiger charge is -2.44. The first-order valence-electron chi connectivity index (χ1n) is 11.1. The number of hydrogen-bond donors (Lipinski definition) is 0. The van der Waals surface area contributed by atoms with Crippen molar-refractivity contribution in [2.75, 3.05) is 20.3 Å². The van der Waals surface area contributed by atoms with E-state index in [4.69, 9.17) is 9.57 Å². The van der Waals surface area contributed by atoms with Gasteiger partial charge in [-0.05, 0) is 73.7 Å². The number of fused-ring (bicyclic) bond motifs is 1. The largest absolute Gasteiger partial charge is 0.495 e. The van der Waals surface area contributed by atoms with Gasteiger partial charge in [0.1, 0.15) is 23.7 Å². The molecule has 2 aliphatic heterocycles. The molecule has 5 rings (SSSR count). The Morgan fingerprint density at radius 3 is 2.70 bits per heavy atom. The minimum Gasteiger partial charge on any atom is -0.495 e. The molecule has 2 aliphatic rings. The van der Waals surface area contributed by atoms with E-state index in [2.05, 4.69) is 46.2 Å². The van der Waals surface area contributed by atoms with Crippen LogP contribution in [0.2, 0.25) is 0 Å². The minimum atomic E-state index is -0.419. The van der Waals surface area contributed by atoms with Crippen molar-refractivity contribution in [1.82, 2.24) is 14.5 Å². The monoisotopic (exact) mass is 446 g/mol. The normalized spacial score (nSPS) is 20.3. The number of imidazole rings is 1. The number of aryl methyl sites for hydroxylation is 1. The van der Waals surface area contributed by atoms with E-state index in [9.17, 15) is 4.39 Å². The zero-order valence-electron chi connectivity index (χ0n) is 19.1. The zero-order chi connectivity index (χ0) is 23.0. The summed E-state index contributed by atoms with van der Waals surface area (Å²) in [5.41, 5.74) is 4.75. The molecule has 6 nitrogen and oxygen atoms in total. The molecule has 0 saturated carbocycles. The molecule has 7 heteroatoms. The van der Waals surface area contributed by atoms with Crippen LogP contribution in [-0.4, -0.2) is 40.5 Å². The third-order valence-corrected chi connectivity index (χ3v) is 6.51. The molecule has 0 fully saturated rings. The van der Waals surface area contributed by atoms with Gasteiger partial charge in [0.25, 0.3) is 0 Å². The molecule has 0 bridgehead atoms. The summed E-state index contributed by atoms with van der Waals surface area (Å²) in [5.74, 6) is 1.33. The number of oxime groups is 1. The predicted molar refractivity (Wildman–Crippen MR) is 126 cm³/mol. The average Bonchev–Trinajstić information content (AvgIpc) is 3.12. The van der Waals surface area contributed by atoms with Gasteiger partial charge in [-0.15, -0.1) is 0 Å². The number of aromatic nitrogens is 2. The third-order valence-electron chi connectivity index (χ3n) is 6.51. The number of ether oxygens (including phenoxy) is 1. The molecule has 1 aromatic heterocycles. The standard InChI is InChI=1S/C26H27FN4O2/c1-18-15-30(17-28-18)23-11-6-20(13-24(23)32-3)19-5-4-12-31-25(14-19)29-33-16-26(31,2)21-7-9-22(27)10-8-21/h6-11,13-15,17H,4-5,12,16H2,1-3H3. The van der Waals surface area contributed by atoms with Crippen molar-refractivity contribution in [2.45, 2.75) is 32.2 Å². The number of rotatable bonds is 4. The molecule has 33 heavy (non-hydrogen) atoms. The van der Waals surface area contributed by atoms with E-state index in [-0.39, 0.29) is 5.82 Å². The van der Waals surface area contributed by atoms with Crippen LogP contribution in [0.3, 0.4) is 0 Å². The highest BCUT2D eigenvalue weighted by molar-refractivity contribution is 6.00. The summed E-state index contributed by atoms with van der Waals surface area (Å²) >= 11 is 0. The molecule has 0 aliphatic carbocycles. The van der Waals surface area contributed by atoms with Gasteiger partial charge in [-0.25, -0.2) is 9.37 Å². The second-order valence-corrected chi connectivity index (χ2v) is 8.74. The fourth-order valence-corrected chi connectivity index (χ4v) is 4.64. The number of benzene rings is 2. The number of nitrogens with zero attached hydrogens (tertiary/aromatic N) is 4.